The maximum Gasteiger partial charge on any atom is 0.269 e. The van der Waals surface area contributed by atoms with E-state index in [1.165, 1.54) is 0 Å². The molecule has 0 unspecified atom stereocenters. The monoisotopic (exact) mass is 329 g/mol. The van der Waals surface area contributed by atoms with E-state index in [-0.39, 0.29) is 5.91 Å². The highest BCUT2D eigenvalue weighted by Gasteiger charge is 2.06. The van der Waals surface area contributed by atoms with E-state index in [1.807, 2.05) is 54.6 Å². The lowest BCUT2D eigenvalue weighted by Crippen LogP contribution is -2.37. The van der Waals surface area contributed by atoms with Gasteiger partial charge in [-0.05, 0) is 29.3 Å². The smallest absolute Gasteiger partial charge is 0.269 e. The van der Waals surface area contributed by atoms with Crippen LogP contribution in [0.5, 0.6) is 0 Å². The molecule has 3 rings (SSSR count). The minimum Gasteiger partial charge on any atom is -0.302 e. The molecule has 25 heavy (non-hydrogen) atoms. The largest absolute Gasteiger partial charge is 0.302 e. The van der Waals surface area contributed by atoms with Crippen molar-refractivity contribution in [3.05, 3.63) is 108 Å². The molecule has 0 aliphatic carbocycles. The molecule has 0 saturated heterocycles. The zero-order valence-electron chi connectivity index (χ0n) is 13.7. The molecule has 0 aliphatic heterocycles. The first-order valence-electron chi connectivity index (χ1n) is 8.07. The number of hydrogen-bond acceptors (Lipinski definition) is 3. The number of allylic oxidation sites excluding steroid dienone is 1. The Morgan fingerprint density at radius 1 is 0.840 bits per heavy atom. The Morgan fingerprint density at radius 2 is 1.48 bits per heavy atom. The Morgan fingerprint density at radius 3 is 2.16 bits per heavy atom. The lowest BCUT2D eigenvalue weighted by atomic mass is 10.1. The molecule has 0 atom stereocenters. The zero-order valence-corrected chi connectivity index (χ0v) is 13.7. The first-order chi connectivity index (χ1) is 12.3. The van der Waals surface area contributed by atoms with Gasteiger partial charge in [-0.1, -0.05) is 60.7 Å². The van der Waals surface area contributed by atoms with Crippen LogP contribution in [0.1, 0.15) is 21.5 Å². The van der Waals surface area contributed by atoms with Gasteiger partial charge in [0.05, 0.1) is 0 Å². The summed E-state index contributed by atoms with van der Waals surface area (Å²) in [6.07, 6.45) is 5.91. The van der Waals surface area contributed by atoms with E-state index in [1.54, 1.807) is 24.5 Å². The van der Waals surface area contributed by atoms with Crippen molar-refractivity contribution in [3.8, 4) is 0 Å². The Hall–Kier alpha value is -3.40. The van der Waals surface area contributed by atoms with E-state index in [0.29, 0.717) is 12.0 Å². The number of nitrogens with one attached hydrogen (secondary N) is 2. The van der Waals surface area contributed by atoms with Crippen molar-refractivity contribution in [1.82, 2.24) is 15.8 Å². The van der Waals surface area contributed by atoms with Crippen molar-refractivity contribution in [3.63, 3.8) is 0 Å². The van der Waals surface area contributed by atoms with Gasteiger partial charge in [-0.15, -0.1) is 0 Å². The van der Waals surface area contributed by atoms with Crippen LogP contribution in [0, 0.1) is 0 Å². The third kappa shape index (κ3) is 5.04. The molecule has 1 amide bonds. The average molecular weight is 329 g/mol. The molecule has 0 bridgehead atoms. The molecule has 2 N–H and O–H groups in total. The highest BCUT2D eigenvalue weighted by molar-refractivity contribution is 5.93. The highest BCUT2D eigenvalue weighted by Crippen LogP contribution is 2.10. The topological polar surface area (TPSA) is 54.0 Å². The number of amides is 1. The number of nitrogens with zero attached hydrogens (tertiary/aromatic N) is 1. The highest BCUT2D eigenvalue weighted by atomic mass is 16.2. The number of pyridine rings is 1. The molecule has 4 heteroatoms. The number of hydrogen-bond donors (Lipinski definition) is 2. The molecule has 0 saturated carbocycles. The SMILES string of the molecule is O=C(NNC(=Cc1ccccc1)Cc1ccccc1)c1ccncc1. The summed E-state index contributed by atoms with van der Waals surface area (Å²) >= 11 is 0. The summed E-state index contributed by atoms with van der Waals surface area (Å²) in [5.74, 6) is -0.200. The molecule has 0 fully saturated rings. The first kappa shape index (κ1) is 16.5. The zero-order chi connectivity index (χ0) is 17.3. The molecule has 1 heterocycles. The van der Waals surface area contributed by atoms with Crippen molar-refractivity contribution in [2.75, 3.05) is 0 Å². The third-order valence-electron chi connectivity index (χ3n) is 3.66. The Labute approximate surface area is 147 Å². The van der Waals surface area contributed by atoms with Gasteiger partial charge in [-0.2, -0.15) is 0 Å². The predicted octanol–water partition coefficient (Wildman–Crippen LogP) is 3.60. The van der Waals surface area contributed by atoms with Gasteiger partial charge in [0.15, 0.2) is 0 Å². The number of hydrazine groups is 1. The second-order valence-corrected chi connectivity index (χ2v) is 5.56. The fraction of sp³-hybridized carbons (Fsp3) is 0.0476. The number of carbonyl (C=O) groups is 1. The minimum atomic E-state index is -0.200. The second-order valence-electron chi connectivity index (χ2n) is 5.56. The molecule has 4 nitrogen and oxygen atoms in total. The molecule has 124 valence electrons. The number of aromatic nitrogens is 1. The lowest BCUT2D eigenvalue weighted by Gasteiger charge is -2.13. The number of rotatable bonds is 6. The summed E-state index contributed by atoms with van der Waals surface area (Å²) in [4.78, 5) is 16.1. The molecular weight excluding hydrogens is 310 g/mol. The van der Waals surface area contributed by atoms with Crippen molar-refractivity contribution >= 4 is 12.0 Å². The van der Waals surface area contributed by atoms with Crippen molar-refractivity contribution < 1.29 is 4.79 Å². The van der Waals surface area contributed by atoms with Crippen molar-refractivity contribution in [2.24, 2.45) is 0 Å². The fourth-order valence-corrected chi connectivity index (χ4v) is 2.41. The average Bonchev–Trinajstić information content (AvgIpc) is 2.68. The van der Waals surface area contributed by atoms with Gasteiger partial charge in [-0.3, -0.25) is 15.2 Å². The molecule has 1 aromatic heterocycles. The second kappa shape index (κ2) is 8.45. The molecule has 0 radical (unpaired) electrons. The van der Waals surface area contributed by atoms with Gasteiger partial charge >= 0.3 is 0 Å². The molecule has 0 aliphatic rings. The van der Waals surface area contributed by atoms with Gasteiger partial charge in [0, 0.05) is 30.1 Å². The van der Waals surface area contributed by atoms with E-state index in [0.717, 1.165) is 16.8 Å². The third-order valence-corrected chi connectivity index (χ3v) is 3.66. The van der Waals surface area contributed by atoms with Crippen LogP contribution >= 0.6 is 0 Å². The van der Waals surface area contributed by atoms with Gasteiger partial charge in [0.25, 0.3) is 5.91 Å². The summed E-state index contributed by atoms with van der Waals surface area (Å²) < 4.78 is 0. The summed E-state index contributed by atoms with van der Waals surface area (Å²) in [6, 6.07) is 23.5. The first-order valence-corrected chi connectivity index (χ1v) is 8.07. The fourth-order valence-electron chi connectivity index (χ4n) is 2.41. The number of benzene rings is 2. The maximum absolute atomic E-state index is 12.2. The normalized spacial score (nSPS) is 11.0. The summed E-state index contributed by atoms with van der Waals surface area (Å²) in [6.45, 7) is 0. The van der Waals surface area contributed by atoms with E-state index >= 15 is 0 Å². The van der Waals surface area contributed by atoms with E-state index in [2.05, 4.69) is 28.0 Å². The van der Waals surface area contributed by atoms with Crippen molar-refractivity contribution in [2.45, 2.75) is 6.42 Å². The quantitative estimate of drug-likeness (QED) is 0.680. The standard InChI is InChI=1S/C21H19N3O/c25-21(19-11-13-22-14-12-19)24-23-20(15-17-7-3-1-4-8-17)16-18-9-5-2-6-10-18/h1-15,23H,16H2,(H,24,25). The Balaban J connectivity index is 1.74. The maximum atomic E-state index is 12.2. The Kier molecular flexibility index (Phi) is 5.56. The van der Waals surface area contributed by atoms with Crippen LogP contribution in [0.4, 0.5) is 0 Å². The van der Waals surface area contributed by atoms with E-state index < -0.39 is 0 Å². The van der Waals surface area contributed by atoms with Gasteiger partial charge < -0.3 is 5.43 Å². The predicted molar refractivity (Wildman–Crippen MR) is 99.4 cm³/mol. The summed E-state index contributed by atoms with van der Waals surface area (Å²) in [7, 11) is 0. The van der Waals surface area contributed by atoms with Crippen molar-refractivity contribution in [1.29, 1.82) is 0 Å². The molecular formula is C21H19N3O. The van der Waals surface area contributed by atoms with Gasteiger partial charge in [0.2, 0.25) is 0 Å². The summed E-state index contributed by atoms with van der Waals surface area (Å²) in [5, 5.41) is 0. The van der Waals surface area contributed by atoms with Crippen LogP contribution in [-0.4, -0.2) is 10.9 Å². The van der Waals surface area contributed by atoms with Crippen LogP contribution in [0.2, 0.25) is 0 Å². The molecule has 3 aromatic rings. The van der Waals surface area contributed by atoms with Gasteiger partial charge in [0.1, 0.15) is 0 Å². The van der Waals surface area contributed by atoms with Crippen LogP contribution in [-0.2, 0) is 6.42 Å². The lowest BCUT2D eigenvalue weighted by molar-refractivity contribution is 0.0938. The molecule has 0 spiro atoms. The van der Waals surface area contributed by atoms with Gasteiger partial charge in [-0.25, -0.2) is 0 Å². The van der Waals surface area contributed by atoms with E-state index in [9.17, 15) is 4.79 Å². The Bertz CT molecular complexity index is 831. The summed E-state index contributed by atoms with van der Waals surface area (Å²) in [5.41, 5.74) is 9.50. The van der Waals surface area contributed by atoms with Crippen LogP contribution < -0.4 is 10.9 Å². The van der Waals surface area contributed by atoms with E-state index in [4.69, 9.17) is 0 Å². The van der Waals surface area contributed by atoms with Crippen LogP contribution in [0.25, 0.3) is 6.08 Å². The van der Waals surface area contributed by atoms with Crippen LogP contribution in [0.15, 0.2) is 90.9 Å². The number of carbonyl (C=O) groups excluding carboxylic acids is 1. The minimum absolute atomic E-state index is 0.200. The van der Waals surface area contributed by atoms with Crippen LogP contribution in [0.3, 0.4) is 0 Å². The molecule has 2 aromatic carbocycles.